The van der Waals surface area contributed by atoms with Crippen LogP contribution in [0.25, 0.3) is 0 Å². The number of hydrogen-bond acceptors (Lipinski definition) is 2. The highest BCUT2D eigenvalue weighted by molar-refractivity contribution is 7.99. The highest BCUT2D eigenvalue weighted by Crippen LogP contribution is 2.28. The van der Waals surface area contributed by atoms with Crippen molar-refractivity contribution >= 4 is 11.8 Å². The van der Waals surface area contributed by atoms with Gasteiger partial charge in [0, 0.05) is 5.75 Å². The molecule has 0 radical (unpaired) electrons. The van der Waals surface area contributed by atoms with Gasteiger partial charge >= 0.3 is 0 Å². The van der Waals surface area contributed by atoms with Crippen LogP contribution in [0.2, 0.25) is 0 Å². The molecule has 0 aromatic rings. The van der Waals surface area contributed by atoms with Gasteiger partial charge in [-0.2, -0.15) is 11.8 Å². The topological polar surface area (TPSA) is 20.2 Å². The number of aliphatic hydroxyl groups is 1. The summed E-state index contributed by atoms with van der Waals surface area (Å²) in [6, 6.07) is 0. The number of aliphatic hydroxyl groups excluding tert-OH is 1. The van der Waals surface area contributed by atoms with Gasteiger partial charge in [-0.1, -0.05) is 39.0 Å². The molecule has 1 aliphatic heterocycles. The molecule has 78 valence electrons. The predicted octanol–water partition coefficient (Wildman–Crippen LogP) is 3.07. The van der Waals surface area contributed by atoms with Crippen molar-refractivity contribution in [1.82, 2.24) is 0 Å². The van der Waals surface area contributed by atoms with E-state index in [1.165, 1.54) is 44.3 Å². The van der Waals surface area contributed by atoms with Crippen LogP contribution in [0, 0.1) is 5.92 Å². The fraction of sp³-hybridized carbons (Fsp3) is 1.00. The maximum Gasteiger partial charge on any atom is 0.0666 e. The lowest BCUT2D eigenvalue weighted by molar-refractivity contribution is 0.143. The summed E-state index contributed by atoms with van der Waals surface area (Å²) in [4.78, 5) is 0. The van der Waals surface area contributed by atoms with Crippen molar-refractivity contribution in [3.05, 3.63) is 0 Å². The summed E-state index contributed by atoms with van der Waals surface area (Å²) in [6.45, 7) is 2.25. The maximum atomic E-state index is 9.57. The van der Waals surface area contributed by atoms with Gasteiger partial charge in [-0.3, -0.25) is 0 Å². The average molecular weight is 202 g/mol. The van der Waals surface area contributed by atoms with E-state index in [1.807, 2.05) is 11.8 Å². The van der Waals surface area contributed by atoms with Gasteiger partial charge in [-0.25, -0.2) is 0 Å². The van der Waals surface area contributed by atoms with Gasteiger partial charge in [0.1, 0.15) is 0 Å². The minimum Gasteiger partial charge on any atom is -0.392 e. The Kier molecular flexibility index (Phi) is 5.88. The fourth-order valence-electron chi connectivity index (χ4n) is 1.87. The summed E-state index contributed by atoms with van der Waals surface area (Å²) >= 11 is 1.91. The van der Waals surface area contributed by atoms with E-state index in [4.69, 9.17) is 0 Å². The molecule has 0 saturated carbocycles. The number of hydrogen-bond donors (Lipinski definition) is 1. The van der Waals surface area contributed by atoms with E-state index in [1.54, 1.807) is 0 Å². The summed E-state index contributed by atoms with van der Waals surface area (Å²) in [5.41, 5.74) is 0. The van der Waals surface area contributed by atoms with Gasteiger partial charge in [0.05, 0.1) is 6.10 Å². The van der Waals surface area contributed by atoms with Crippen LogP contribution in [0.3, 0.4) is 0 Å². The standard InChI is InChI=1S/C11H22OS/c1-2-3-4-5-6-7-10-8-13-9-11(10)12/h10-12H,2-9H2,1H3. The first-order chi connectivity index (χ1) is 6.34. The summed E-state index contributed by atoms with van der Waals surface area (Å²) in [5, 5.41) is 9.57. The van der Waals surface area contributed by atoms with E-state index in [-0.39, 0.29) is 6.10 Å². The van der Waals surface area contributed by atoms with Crippen molar-refractivity contribution in [3.8, 4) is 0 Å². The fourth-order valence-corrected chi connectivity index (χ4v) is 3.21. The van der Waals surface area contributed by atoms with Gasteiger partial charge in [0.15, 0.2) is 0 Å². The lowest BCUT2D eigenvalue weighted by atomic mass is 9.98. The quantitative estimate of drug-likeness (QED) is 0.668. The molecule has 0 aromatic carbocycles. The molecule has 1 aliphatic rings. The molecular weight excluding hydrogens is 180 g/mol. The summed E-state index contributed by atoms with van der Waals surface area (Å²) < 4.78 is 0. The van der Waals surface area contributed by atoms with E-state index < -0.39 is 0 Å². The Morgan fingerprint density at radius 3 is 2.54 bits per heavy atom. The van der Waals surface area contributed by atoms with E-state index >= 15 is 0 Å². The highest BCUT2D eigenvalue weighted by Gasteiger charge is 2.24. The minimum absolute atomic E-state index is 0.00354. The first-order valence-corrected chi connectivity index (χ1v) is 6.76. The first kappa shape index (κ1) is 11.4. The van der Waals surface area contributed by atoms with Crippen LogP contribution in [0.4, 0.5) is 0 Å². The molecule has 1 nitrogen and oxygen atoms in total. The van der Waals surface area contributed by atoms with E-state index in [0.717, 1.165) is 5.75 Å². The first-order valence-electron chi connectivity index (χ1n) is 5.60. The molecule has 0 amide bonds. The molecule has 2 atom stereocenters. The number of unbranched alkanes of at least 4 members (excludes halogenated alkanes) is 4. The lowest BCUT2D eigenvalue weighted by Gasteiger charge is -2.12. The second-order valence-corrected chi connectivity index (χ2v) is 5.14. The largest absolute Gasteiger partial charge is 0.392 e. The van der Waals surface area contributed by atoms with Crippen LogP contribution >= 0.6 is 11.8 Å². The van der Waals surface area contributed by atoms with Gasteiger partial charge < -0.3 is 5.11 Å². The molecule has 1 heterocycles. The predicted molar refractivity (Wildman–Crippen MR) is 60.2 cm³/mol. The zero-order chi connectivity index (χ0) is 9.52. The van der Waals surface area contributed by atoms with Gasteiger partial charge in [-0.15, -0.1) is 0 Å². The van der Waals surface area contributed by atoms with Crippen molar-refractivity contribution in [2.24, 2.45) is 5.92 Å². The SMILES string of the molecule is CCCCCCCC1CSCC1O. The van der Waals surface area contributed by atoms with Crippen molar-refractivity contribution < 1.29 is 5.11 Å². The average Bonchev–Trinajstić information content (AvgIpc) is 2.52. The number of thioether (sulfide) groups is 1. The van der Waals surface area contributed by atoms with Crippen molar-refractivity contribution in [1.29, 1.82) is 0 Å². The normalized spacial score (nSPS) is 28.2. The second kappa shape index (κ2) is 6.72. The molecular formula is C11H22OS. The van der Waals surface area contributed by atoms with Crippen LogP contribution in [0.5, 0.6) is 0 Å². The van der Waals surface area contributed by atoms with Crippen LogP contribution in [-0.4, -0.2) is 22.7 Å². The van der Waals surface area contributed by atoms with Crippen LogP contribution < -0.4 is 0 Å². The lowest BCUT2D eigenvalue weighted by Crippen LogP contribution is -2.17. The van der Waals surface area contributed by atoms with Crippen LogP contribution in [0.1, 0.15) is 45.4 Å². The summed E-state index contributed by atoms with van der Waals surface area (Å²) in [7, 11) is 0. The van der Waals surface area contributed by atoms with Gasteiger partial charge in [-0.05, 0) is 18.1 Å². The molecule has 0 aliphatic carbocycles. The Morgan fingerprint density at radius 1 is 1.15 bits per heavy atom. The molecule has 1 saturated heterocycles. The molecule has 1 rings (SSSR count). The Hall–Kier alpha value is 0.310. The smallest absolute Gasteiger partial charge is 0.0666 e. The van der Waals surface area contributed by atoms with E-state index in [9.17, 15) is 5.11 Å². The summed E-state index contributed by atoms with van der Waals surface area (Å²) in [6.07, 6.45) is 8.01. The van der Waals surface area contributed by atoms with E-state index in [0.29, 0.717) is 5.92 Å². The van der Waals surface area contributed by atoms with Gasteiger partial charge in [0.2, 0.25) is 0 Å². The monoisotopic (exact) mass is 202 g/mol. The Labute approximate surface area is 86.3 Å². The highest BCUT2D eigenvalue weighted by atomic mass is 32.2. The Morgan fingerprint density at radius 2 is 1.92 bits per heavy atom. The Bertz CT molecular complexity index is 127. The molecule has 1 N–H and O–H groups in total. The zero-order valence-corrected chi connectivity index (χ0v) is 9.48. The maximum absolute atomic E-state index is 9.57. The third-order valence-electron chi connectivity index (χ3n) is 2.84. The molecule has 13 heavy (non-hydrogen) atoms. The van der Waals surface area contributed by atoms with Crippen LogP contribution in [-0.2, 0) is 0 Å². The third kappa shape index (κ3) is 4.37. The Balaban J connectivity index is 1.93. The molecule has 0 aromatic heterocycles. The molecule has 0 bridgehead atoms. The zero-order valence-electron chi connectivity index (χ0n) is 8.67. The van der Waals surface area contributed by atoms with E-state index in [2.05, 4.69) is 6.92 Å². The van der Waals surface area contributed by atoms with Crippen molar-refractivity contribution in [3.63, 3.8) is 0 Å². The third-order valence-corrected chi connectivity index (χ3v) is 4.08. The number of rotatable bonds is 6. The molecule has 2 unspecified atom stereocenters. The van der Waals surface area contributed by atoms with Gasteiger partial charge in [0.25, 0.3) is 0 Å². The van der Waals surface area contributed by atoms with Crippen molar-refractivity contribution in [2.45, 2.75) is 51.6 Å². The summed E-state index contributed by atoms with van der Waals surface area (Å²) in [5.74, 6) is 2.76. The molecule has 0 spiro atoms. The van der Waals surface area contributed by atoms with Crippen LogP contribution in [0.15, 0.2) is 0 Å². The van der Waals surface area contributed by atoms with Crippen molar-refractivity contribution in [2.75, 3.05) is 11.5 Å². The minimum atomic E-state index is -0.00354. The second-order valence-electron chi connectivity index (χ2n) is 4.07. The molecule has 2 heteroatoms. The molecule has 1 fully saturated rings.